The van der Waals surface area contributed by atoms with E-state index in [1.54, 1.807) is 0 Å². The Morgan fingerprint density at radius 3 is 2.00 bits per heavy atom. The van der Waals surface area contributed by atoms with Crippen molar-refractivity contribution in [1.82, 2.24) is 4.90 Å². The van der Waals surface area contributed by atoms with Gasteiger partial charge in [0.05, 0.1) is 0 Å². The van der Waals surface area contributed by atoms with Crippen LogP contribution in [0.3, 0.4) is 0 Å². The van der Waals surface area contributed by atoms with Crippen LogP contribution in [-0.4, -0.2) is 24.0 Å². The van der Waals surface area contributed by atoms with Crippen LogP contribution < -0.4 is 0 Å². The van der Waals surface area contributed by atoms with E-state index in [1.807, 2.05) is 0 Å². The lowest BCUT2D eigenvalue weighted by Crippen LogP contribution is -2.42. The SMILES string of the molecule is CCN1CCC(CCc2ccccc2)CC1CCc1ccccc1. The summed E-state index contributed by atoms with van der Waals surface area (Å²) in [6.45, 7) is 4.81. The van der Waals surface area contributed by atoms with Crippen LogP contribution in [0.4, 0.5) is 0 Å². The highest BCUT2D eigenvalue weighted by Crippen LogP contribution is 2.29. The van der Waals surface area contributed by atoms with Gasteiger partial charge in [-0.15, -0.1) is 0 Å². The third kappa shape index (κ3) is 4.95. The van der Waals surface area contributed by atoms with Crippen molar-refractivity contribution in [3.8, 4) is 0 Å². The Labute approximate surface area is 147 Å². The molecule has 0 saturated carbocycles. The van der Waals surface area contributed by atoms with Gasteiger partial charge in [0.25, 0.3) is 0 Å². The molecule has 0 N–H and O–H groups in total. The smallest absolute Gasteiger partial charge is 0.0101 e. The molecule has 3 rings (SSSR count). The summed E-state index contributed by atoms with van der Waals surface area (Å²) in [6.07, 6.45) is 7.87. The third-order valence-electron chi connectivity index (χ3n) is 5.65. The molecule has 1 aliphatic heterocycles. The van der Waals surface area contributed by atoms with Crippen LogP contribution in [0.1, 0.15) is 43.7 Å². The van der Waals surface area contributed by atoms with Crippen molar-refractivity contribution in [2.24, 2.45) is 5.92 Å². The molecule has 0 aromatic heterocycles. The number of hydrogen-bond donors (Lipinski definition) is 0. The molecule has 2 unspecified atom stereocenters. The Morgan fingerprint density at radius 2 is 1.42 bits per heavy atom. The summed E-state index contributed by atoms with van der Waals surface area (Å²) in [4.78, 5) is 2.71. The van der Waals surface area contributed by atoms with Gasteiger partial charge in [-0.1, -0.05) is 67.6 Å². The second kappa shape index (κ2) is 9.03. The summed E-state index contributed by atoms with van der Waals surface area (Å²) in [7, 11) is 0. The monoisotopic (exact) mass is 321 g/mol. The van der Waals surface area contributed by atoms with Crippen LogP contribution in [0.5, 0.6) is 0 Å². The van der Waals surface area contributed by atoms with Crippen molar-refractivity contribution in [2.45, 2.75) is 51.5 Å². The number of rotatable bonds is 7. The molecule has 128 valence electrons. The minimum absolute atomic E-state index is 0.768. The second-order valence-electron chi connectivity index (χ2n) is 7.22. The highest BCUT2D eigenvalue weighted by atomic mass is 15.2. The molecule has 2 aromatic carbocycles. The first-order valence-corrected chi connectivity index (χ1v) is 9.67. The van der Waals surface area contributed by atoms with Crippen molar-refractivity contribution >= 4 is 0 Å². The number of benzene rings is 2. The first kappa shape index (κ1) is 17.2. The van der Waals surface area contributed by atoms with Crippen LogP contribution in [0.25, 0.3) is 0 Å². The van der Waals surface area contributed by atoms with Gasteiger partial charge >= 0.3 is 0 Å². The fourth-order valence-electron chi connectivity index (χ4n) is 4.16. The highest BCUT2D eigenvalue weighted by molar-refractivity contribution is 5.15. The van der Waals surface area contributed by atoms with Gasteiger partial charge in [0.1, 0.15) is 0 Å². The van der Waals surface area contributed by atoms with Gasteiger partial charge in [-0.05, 0) is 68.7 Å². The largest absolute Gasteiger partial charge is 0.301 e. The molecule has 1 fully saturated rings. The molecule has 2 aromatic rings. The molecule has 0 bridgehead atoms. The predicted molar refractivity (Wildman–Crippen MR) is 103 cm³/mol. The van der Waals surface area contributed by atoms with Crippen LogP contribution in [0.15, 0.2) is 60.7 Å². The number of likely N-dealkylation sites (tertiary alicyclic amines) is 1. The Kier molecular flexibility index (Phi) is 6.48. The molecule has 1 saturated heterocycles. The molecule has 1 aliphatic rings. The van der Waals surface area contributed by atoms with Gasteiger partial charge in [-0.25, -0.2) is 0 Å². The summed E-state index contributed by atoms with van der Waals surface area (Å²) in [6, 6.07) is 22.7. The summed E-state index contributed by atoms with van der Waals surface area (Å²) in [5, 5.41) is 0. The Bertz CT molecular complexity index is 577. The molecular formula is C23H31N. The third-order valence-corrected chi connectivity index (χ3v) is 5.65. The van der Waals surface area contributed by atoms with Crippen molar-refractivity contribution in [2.75, 3.05) is 13.1 Å². The summed E-state index contributed by atoms with van der Waals surface area (Å²) < 4.78 is 0. The van der Waals surface area contributed by atoms with Gasteiger partial charge < -0.3 is 4.90 Å². The van der Waals surface area contributed by atoms with Gasteiger partial charge in [-0.2, -0.15) is 0 Å². The zero-order valence-corrected chi connectivity index (χ0v) is 15.0. The molecule has 2 atom stereocenters. The first-order valence-electron chi connectivity index (χ1n) is 9.67. The molecule has 1 nitrogen and oxygen atoms in total. The molecule has 0 aliphatic carbocycles. The van der Waals surface area contributed by atoms with Crippen LogP contribution in [0, 0.1) is 5.92 Å². The minimum Gasteiger partial charge on any atom is -0.301 e. The van der Waals surface area contributed by atoms with E-state index in [0.717, 1.165) is 12.0 Å². The lowest BCUT2D eigenvalue weighted by Gasteiger charge is -2.39. The molecular weight excluding hydrogens is 290 g/mol. The fourth-order valence-corrected chi connectivity index (χ4v) is 4.16. The lowest BCUT2D eigenvalue weighted by molar-refractivity contribution is 0.108. The molecule has 1 heterocycles. The maximum absolute atomic E-state index is 2.71. The second-order valence-corrected chi connectivity index (χ2v) is 7.22. The van der Waals surface area contributed by atoms with E-state index in [1.165, 1.54) is 62.7 Å². The lowest BCUT2D eigenvalue weighted by atomic mass is 9.84. The Morgan fingerprint density at radius 1 is 0.833 bits per heavy atom. The standard InChI is InChI=1S/C23H31N/c1-2-24-18-17-22(14-13-20-9-5-3-6-10-20)19-23(24)16-15-21-11-7-4-8-12-21/h3-12,22-23H,2,13-19H2,1H3. The van der Waals surface area contributed by atoms with E-state index in [2.05, 4.69) is 72.5 Å². The van der Waals surface area contributed by atoms with Crippen LogP contribution in [0.2, 0.25) is 0 Å². The van der Waals surface area contributed by atoms with E-state index in [-0.39, 0.29) is 0 Å². The fraction of sp³-hybridized carbons (Fsp3) is 0.478. The number of hydrogen-bond acceptors (Lipinski definition) is 1. The summed E-state index contributed by atoms with van der Waals surface area (Å²) >= 11 is 0. The van der Waals surface area contributed by atoms with Gasteiger partial charge in [-0.3, -0.25) is 0 Å². The number of piperidine rings is 1. The van der Waals surface area contributed by atoms with Gasteiger partial charge in [0.15, 0.2) is 0 Å². The van der Waals surface area contributed by atoms with Crippen molar-refractivity contribution in [3.05, 3.63) is 71.8 Å². The zero-order chi connectivity index (χ0) is 16.6. The van der Waals surface area contributed by atoms with E-state index in [0.29, 0.717) is 0 Å². The average molecular weight is 322 g/mol. The van der Waals surface area contributed by atoms with Crippen molar-refractivity contribution < 1.29 is 0 Å². The normalized spacial score (nSPS) is 21.7. The maximum Gasteiger partial charge on any atom is 0.0101 e. The zero-order valence-electron chi connectivity index (χ0n) is 15.0. The van der Waals surface area contributed by atoms with E-state index in [9.17, 15) is 0 Å². The molecule has 0 spiro atoms. The summed E-state index contributed by atoms with van der Waals surface area (Å²) in [5.41, 5.74) is 2.98. The topological polar surface area (TPSA) is 3.24 Å². The van der Waals surface area contributed by atoms with E-state index >= 15 is 0 Å². The molecule has 0 radical (unpaired) electrons. The number of nitrogens with zero attached hydrogens (tertiary/aromatic N) is 1. The average Bonchev–Trinajstić information content (AvgIpc) is 2.66. The van der Waals surface area contributed by atoms with Crippen molar-refractivity contribution in [1.29, 1.82) is 0 Å². The molecule has 24 heavy (non-hydrogen) atoms. The molecule has 1 heteroatoms. The number of aryl methyl sites for hydroxylation is 2. The first-order chi connectivity index (χ1) is 11.8. The Hall–Kier alpha value is -1.60. The maximum atomic E-state index is 2.71. The Balaban J connectivity index is 1.51. The van der Waals surface area contributed by atoms with E-state index < -0.39 is 0 Å². The van der Waals surface area contributed by atoms with Crippen LogP contribution >= 0.6 is 0 Å². The van der Waals surface area contributed by atoms with Gasteiger partial charge in [0, 0.05) is 6.04 Å². The quantitative estimate of drug-likeness (QED) is 0.664. The minimum atomic E-state index is 0.768. The van der Waals surface area contributed by atoms with Gasteiger partial charge in [0.2, 0.25) is 0 Å². The highest BCUT2D eigenvalue weighted by Gasteiger charge is 2.26. The molecule has 0 amide bonds. The van der Waals surface area contributed by atoms with Crippen LogP contribution in [-0.2, 0) is 12.8 Å². The predicted octanol–water partition coefficient (Wildman–Crippen LogP) is 5.35. The summed E-state index contributed by atoms with van der Waals surface area (Å²) in [5.74, 6) is 0.897. The van der Waals surface area contributed by atoms with Crippen molar-refractivity contribution in [3.63, 3.8) is 0 Å². The van der Waals surface area contributed by atoms with E-state index in [4.69, 9.17) is 0 Å².